The van der Waals surface area contributed by atoms with Crippen molar-refractivity contribution in [3.05, 3.63) is 89.7 Å². The zero-order chi connectivity index (χ0) is 30.1. The van der Waals surface area contributed by atoms with Crippen molar-refractivity contribution in [3.8, 4) is 5.75 Å². The zero-order valence-electron chi connectivity index (χ0n) is 23.2. The van der Waals surface area contributed by atoms with E-state index >= 15 is 0 Å². The van der Waals surface area contributed by atoms with E-state index in [-0.39, 0.29) is 22.4 Å². The molecule has 0 amide bonds. The normalized spacial score (nSPS) is 22.6. The van der Waals surface area contributed by atoms with Crippen LogP contribution in [0.5, 0.6) is 5.75 Å². The number of alkyl halides is 3. The van der Waals surface area contributed by atoms with E-state index in [1.165, 1.54) is 55.6 Å². The van der Waals surface area contributed by atoms with Gasteiger partial charge in [0.15, 0.2) is 0 Å². The first kappa shape index (κ1) is 30.3. The van der Waals surface area contributed by atoms with E-state index in [1.807, 2.05) is 0 Å². The molecule has 0 aromatic heterocycles. The Balaban J connectivity index is 1.45. The molecule has 1 heterocycles. The number of hydrogen-bond acceptors (Lipinski definition) is 5. The number of aliphatic hydroxyl groups is 1. The van der Waals surface area contributed by atoms with Gasteiger partial charge >= 0.3 is 6.18 Å². The highest BCUT2D eigenvalue weighted by atomic mass is 32.2. The number of halogens is 4. The molecule has 6 nitrogen and oxygen atoms in total. The van der Waals surface area contributed by atoms with Crippen LogP contribution in [-0.4, -0.2) is 50.7 Å². The average Bonchev–Trinajstić information content (AvgIpc) is 2.98. The van der Waals surface area contributed by atoms with Crippen LogP contribution in [0.2, 0.25) is 0 Å². The van der Waals surface area contributed by atoms with Gasteiger partial charge in [0.1, 0.15) is 17.2 Å². The molecule has 42 heavy (non-hydrogen) atoms. The number of nitrogens with zero attached hydrogens (tertiary/aromatic N) is 2. The molecule has 1 aliphatic heterocycles. The Kier molecular flexibility index (Phi) is 8.55. The van der Waals surface area contributed by atoms with Gasteiger partial charge in [-0.25, -0.2) is 12.8 Å². The minimum Gasteiger partial charge on any atom is -0.497 e. The lowest BCUT2D eigenvalue weighted by atomic mass is 9.74. The van der Waals surface area contributed by atoms with Crippen molar-refractivity contribution in [1.29, 1.82) is 0 Å². The molecule has 1 N–H and O–H groups in total. The number of anilines is 1. The molecule has 2 fully saturated rings. The Hall–Kier alpha value is -3.15. The Morgan fingerprint density at radius 3 is 2.24 bits per heavy atom. The molecular formula is C31H34F4N2O4S. The Morgan fingerprint density at radius 1 is 0.952 bits per heavy atom. The predicted molar refractivity (Wildman–Crippen MR) is 151 cm³/mol. The summed E-state index contributed by atoms with van der Waals surface area (Å²) in [6.07, 6.45) is -0.962. The summed E-state index contributed by atoms with van der Waals surface area (Å²) in [5, 5.41) is 11.8. The number of likely N-dealkylation sites (tertiary alicyclic amines) is 1. The maximum absolute atomic E-state index is 14.0. The van der Waals surface area contributed by atoms with Gasteiger partial charge in [0.2, 0.25) is 0 Å². The number of piperidine rings is 1. The molecule has 1 saturated carbocycles. The lowest BCUT2D eigenvalue weighted by Crippen LogP contribution is -2.57. The van der Waals surface area contributed by atoms with Crippen molar-refractivity contribution in [3.63, 3.8) is 0 Å². The van der Waals surface area contributed by atoms with E-state index in [0.717, 1.165) is 35.7 Å². The lowest BCUT2D eigenvalue weighted by Gasteiger charge is -2.49. The highest BCUT2D eigenvalue weighted by Gasteiger charge is 2.45. The summed E-state index contributed by atoms with van der Waals surface area (Å²) < 4.78 is 88.8. The van der Waals surface area contributed by atoms with Gasteiger partial charge < -0.3 is 9.84 Å². The summed E-state index contributed by atoms with van der Waals surface area (Å²) >= 11 is 0. The number of sulfonamides is 1. The van der Waals surface area contributed by atoms with Crippen LogP contribution in [0.3, 0.4) is 0 Å². The summed E-state index contributed by atoms with van der Waals surface area (Å²) in [4.78, 5) is 2.09. The molecule has 1 saturated heterocycles. The maximum Gasteiger partial charge on any atom is 0.416 e. The SMILES string of the molecule is COc1ccc(S(=O)(=O)N(c2cccc(C(F)(F)F)c2)C2CCN(C3CCCCC3(O)c3ccc(F)cc3)CC2)cc1. The van der Waals surface area contributed by atoms with Gasteiger partial charge in [0, 0.05) is 25.2 Å². The van der Waals surface area contributed by atoms with Gasteiger partial charge in [-0.15, -0.1) is 0 Å². The highest BCUT2D eigenvalue weighted by Crippen LogP contribution is 2.42. The van der Waals surface area contributed by atoms with Crippen LogP contribution in [0.1, 0.15) is 49.7 Å². The fraction of sp³-hybridized carbons (Fsp3) is 0.419. The lowest BCUT2D eigenvalue weighted by molar-refractivity contribution is -0.137. The maximum atomic E-state index is 14.0. The Morgan fingerprint density at radius 2 is 1.62 bits per heavy atom. The molecule has 0 radical (unpaired) electrons. The van der Waals surface area contributed by atoms with Crippen LogP contribution in [0.25, 0.3) is 0 Å². The van der Waals surface area contributed by atoms with Gasteiger partial charge in [0.05, 0.1) is 23.3 Å². The molecule has 2 unspecified atom stereocenters. The molecule has 1 aliphatic carbocycles. The first-order valence-corrected chi connectivity index (χ1v) is 15.5. The number of hydrogen-bond donors (Lipinski definition) is 1. The molecule has 11 heteroatoms. The van der Waals surface area contributed by atoms with E-state index in [4.69, 9.17) is 4.74 Å². The van der Waals surface area contributed by atoms with Crippen LogP contribution in [0.15, 0.2) is 77.7 Å². The quantitative estimate of drug-likeness (QED) is 0.318. The van der Waals surface area contributed by atoms with Crippen molar-refractivity contribution in [2.45, 2.75) is 67.3 Å². The minimum absolute atomic E-state index is 0.0545. The number of rotatable bonds is 7. The van der Waals surface area contributed by atoms with Crippen LogP contribution < -0.4 is 9.04 Å². The van der Waals surface area contributed by atoms with Crippen LogP contribution in [-0.2, 0) is 21.8 Å². The summed E-state index contributed by atoms with van der Waals surface area (Å²) in [5.74, 6) is 0.0669. The topological polar surface area (TPSA) is 70.1 Å². The van der Waals surface area contributed by atoms with Gasteiger partial charge in [-0.1, -0.05) is 31.0 Å². The monoisotopic (exact) mass is 606 g/mol. The van der Waals surface area contributed by atoms with Crippen molar-refractivity contribution in [2.75, 3.05) is 24.5 Å². The molecule has 2 atom stereocenters. The fourth-order valence-electron chi connectivity index (χ4n) is 6.36. The summed E-state index contributed by atoms with van der Waals surface area (Å²) in [6, 6.07) is 15.2. The first-order valence-electron chi connectivity index (χ1n) is 14.0. The zero-order valence-corrected chi connectivity index (χ0v) is 24.0. The first-order chi connectivity index (χ1) is 19.9. The van der Waals surface area contributed by atoms with E-state index < -0.39 is 33.4 Å². The van der Waals surface area contributed by atoms with E-state index in [9.17, 15) is 31.1 Å². The molecule has 5 rings (SSSR count). The van der Waals surface area contributed by atoms with Crippen molar-refractivity contribution < 1.29 is 35.8 Å². The third kappa shape index (κ3) is 6.00. The second kappa shape index (κ2) is 11.9. The van der Waals surface area contributed by atoms with Gasteiger partial charge in [0.25, 0.3) is 10.0 Å². The summed E-state index contributed by atoms with van der Waals surface area (Å²) in [6.45, 7) is 0.874. The smallest absolute Gasteiger partial charge is 0.416 e. The molecule has 226 valence electrons. The Labute approximate surface area is 243 Å². The number of benzene rings is 3. The van der Waals surface area contributed by atoms with Crippen molar-refractivity contribution >= 4 is 15.7 Å². The largest absolute Gasteiger partial charge is 0.497 e. The van der Waals surface area contributed by atoms with Gasteiger partial charge in [-0.2, -0.15) is 13.2 Å². The molecule has 2 aliphatic rings. The third-order valence-electron chi connectivity index (χ3n) is 8.50. The highest BCUT2D eigenvalue weighted by molar-refractivity contribution is 7.92. The van der Waals surface area contributed by atoms with Crippen molar-refractivity contribution in [1.82, 2.24) is 4.90 Å². The summed E-state index contributed by atoms with van der Waals surface area (Å²) in [5.41, 5.74) is -1.53. The van der Waals surface area contributed by atoms with Gasteiger partial charge in [-0.05, 0) is 85.8 Å². The molecule has 3 aromatic rings. The Bertz CT molecular complexity index is 1470. The van der Waals surface area contributed by atoms with E-state index in [1.54, 1.807) is 12.1 Å². The van der Waals surface area contributed by atoms with Crippen LogP contribution in [0.4, 0.5) is 23.2 Å². The van der Waals surface area contributed by atoms with Gasteiger partial charge in [-0.3, -0.25) is 9.21 Å². The van der Waals surface area contributed by atoms with Crippen LogP contribution in [0, 0.1) is 5.82 Å². The number of methoxy groups -OCH3 is 1. The van der Waals surface area contributed by atoms with E-state index in [2.05, 4.69) is 4.90 Å². The van der Waals surface area contributed by atoms with Crippen molar-refractivity contribution in [2.24, 2.45) is 0 Å². The fourth-order valence-corrected chi connectivity index (χ4v) is 8.06. The molecule has 3 aromatic carbocycles. The van der Waals surface area contributed by atoms with Crippen LogP contribution >= 0.6 is 0 Å². The predicted octanol–water partition coefficient (Wildman–Crippen LogP) is 6.34. The minimum atomic E-state index is -4.64. The number of ether oxygens (including phenoxy) is 1. The molecule has 0 spiro atoms. The second-order valence-corrected chi connectivity index (χ2v) is 12.8. The average molecular weight is 607 g/mol. The molecular weight excluding hydrogens is 572 g/mol. The molecule has 0 bridgehead atoms. The summed E-state index contributed by atoms with van der Waals surface area (Å²) in [7, 11) is -2.79. The standard InChI is InChI=1S/C31H34F4N2O4S/c1-41-27-12-14-28(15-13-27)42(39,40)37(26-6-4-5-23(21-26)31(33,34)35)25-16-19-36(20-17-25)29-7-2-3-18-30(29,38)22-8-10-24(32)11-9-22/h4-6,8-15,21,25,29,38H,2-3,7,16-20H2,1H3. The second-order valence-electron chi connectivity index (χ2n) is 11.0. The van der Waals surface area contributed by atoms with E-state index in [0.29, 0.717) is 43.7 Å². The third-order valence-corrected chi connectivity index (χ3v) is 10.4.